The van der Waals surface area contributed by atoms with Crippen molar-refractivity contribution in [3.63, 3.8) is 0 Å². The lowest BCUT2D eigenvalue weighted by Crippen LogP contribution is -2.43. The summed E-state index contributed by atoms with van der Waals surface area (Å²) >= 11 is 1.66. The lowest BCUT2D eigenvalue weighted by molar-refractivity contribution is -0.506. The van der Waals surface area contributed by atoms with Gasteiger partial charge in [0.25, 0.3) is 6.04 Å². The van der Waals surface area contributed by atoms with Crippen molar-refractivity contribution in [1.29, 1.82) is 0 Å². The van der Waals surface area contributed by atoms with E-state index in [9.17, 15) is 10.1 Å². The van der Waals surface area contributed by atoms with Crippen molar-refractivity contribution in [2.75, 3.05) is 40.0 Å². The molecule has 9 heteroatoms. The summed E-state index contributed by atoms with van der Waals surface area (Å²) in [6.07, 6.45) is 0. The van der Waals surface area contributed by atoms with Gasteiger partial charge in [-0.1, -0.05) is 0 Å². The van der Waals surface area contributed by atoms with Crippen LogP contribution in [0, 0.1) is 10.1 Å². The predicted molar refractivity (Wildman–Crippen MR) is 91.5 cm³/mol. The lowest BCUT2D eigenvalue weighted by Gasteiger charge is -2.11. The van der Waals surface area contributed by atoms with Crippen molar-refractivity contribution in [1.82, 2.24) is 10.2 Å². The molecule has 1 unspecified atom stereocenters. The molecule has 0 aliphatic rings. The van der Waals surface area contributed by atoms with Gasteiger partial charge in [0.2, 0.25) is 0 Å². The third-order valence-corrected chi connectivity index (χ3v) is 3.95. The zero-order chi connectivity index (χ0) is 17.2. The van der Waals surface area contributed by atoms with Crippen LogP contribution in [0.1, 0.15) is 11.5 Å². The topological polar surface area (TPSA) is 104 Å². The third-order valence-electron chi connectivity index (χ3n) is 2.97. The van der Waals surface area contributed by atoms with Gasteiger partial charge in [0.15, 0.2) is 5.84 Å². The van der Waals surface area contributed by atoms with Crippen LogP contribution < -0.4 is 5.32 Å². The van der Waals surface area contributed by atoms with E-state index in [4.69, 9.17) is 9.52 Å². The maximum absolute atomic E-state index is 10.8. The van der Waals surface area contributed by atoms with E-state index in [-0.39, 0.29) is 5.84 Å². The second-order valence-electron chi connectivity index (χ2n) is 5.18. The molecule has 0 aliphatic carbocycles. The maximum Gasteiger partial charge on any atom is 0.291 e. The average Bonchev–Trinajstić information content (AvgIpc) is 2.92. The highest BCUT2D eigenvalue weighted by Crippen LogP contribution is 2.15. The summed E-state index contributed by atoms with van der Waals surface area (Å²) < 4.78 is 5.70. The van der Waals surface area contributed by atoms with Crippen molar-refractivity contribution in [2.24, 2.45) is 4.99 Å². The smallest absolute Gasteiger partial charge is 0.291 e. The molecule has 0 amide bonds. The number of aliphatic imine (C=N–C) groups is 1. The first-order chi connectivity index (χ1) is 11.0. The van der Waals surface area contributed by atoms with Crippen molar-refractivity contribution >= 4 is 17.6 Å². The summed E-state index contributed by atoms with van der Waals surface area (Å²) in [5, 5.41) is 22.7. The summed E-state index contributed by atoms with van der Waals surface area (Å²) in [4.78, 5) is 16.1. The number of hydrogen-bond acceptors (Lipinski definition) is 7. The van der Waals surface area contributed by atoms with E-state index in [1.807, 2.05) is 31.1 Å². The molecule has 0 aliphatic heterocycles. The summed E-state index contributed by atoms with van der Waals surface area (Å²) in [7, 11) is 5.44. The van der Waals surface area contributed by atoms with Crippen LogP contribution in [0.2, 0.25) is 0 Å². The van der Waals surface area contributed by atoms with Crippen LogP contribution in [0.5, 0.6) is 0 Å². The van der Waals surface area contributed by atoms with E-state index in [0.29, 0.717) is 6.54 Å². The molecule has 0 spiro atoms. The van der Waals surface area contributed by atoms with Gasteiger partial charge in [-0.3, -0.25) is 15.1 Å². The average molecular weight is 344 g/mol. The van der Waals surface area contributed by atoms with Gasteiger partial charge in [0.1, 0.15) is 18.1 Å². The first-order valence-corrected chi connectivity index (χ1v) is 8.38. The molecule has 23 heavy (non-hydrogen) atoms. The zero-order valence-corrected chi connectivity index (χ0v) is 14.5. The molecule has 130 valence electrons. The van der Waals surface area contributed by atoms with Crippen LogP contribution in [-0.4, -0.2) is 66.9 Å². The molecule has 1 rings (SSSR count). The highest BCUT2D eigenvalue weighted by atomic mass is 32.2. The molecule has 1 atom stereocenters. The minimum Gasteiger partial charge on any atom is -0.464 e. The summed E-state index contributed by atoms with van der Waals surface area (Å²) in [5.74, 6) is 3.53. The molecule has 0 radical (unpaired) electrons. The van der Waals surface area contributed by atoms with Gasteiger partial charge in [0.05, 0.1) is 12.3 Å². The first-order valence-electron chi connectivity index (χ1n) is 7.22. The Labute approximate surface area is 140 Å². The van der Waals surface area contributed by atoms with Gasteiger partial charge in [-0.15, -0.1) is 0 Å². The Bertz CT molecular complexity index is 519. The molecule has 1 aromatic rings. The third kappa shape index (κ3) is 7.02. The van der Waals surface area contributed by atoms with Gasteiger partial charge in [-0.05, 0) is 26.2 Å². The van der Waals surface area contributed by atoms with Crippen LogP contribution in [0.15, 0.2) is 21.5 Å². The van der Waals surface area contributed by atoms with E-state index in [1.165, 1.54) is 7.05 Å². The van der Waals surface area contributed by atoms with E-state index < -0.39 is 17.6 Å². The number of nitro groups is 1. The quantitative estimate of drug-likeness (QED) is 0.213. The van der Waals surface area contributed by atoms with Crippen molar-refractivity contribution < 1.29 is 14.4 Å². The highest BCUT2D eigenvalue weighted by molar-refractivity contribution is 7.98. The molecule has 2 N–H and O–H groups in total. The van der Waals surface area contributed by atoms with Crippen LogP contribution in [-0.2, 0) is 12.3 Å². The van der Waals surface area contributed by atoms with E-state index in [1.54, 1.807) is 11.8 Å². The number of furan rings is 1. The van der Waals surface area contributed by atoms with Crippen LogP contribution >= 0.6 is 11.8 Å². The molecular weight excluding hydrogens is 320 g/mol. The second-order valence-corrected chi connectivity index (χ2v) is 6.28. The molecular formula is C14H24N4O4S. The number of nitrogens with one attached hydrogen (secondary N) is 1. The fraction of sp³-hybridized carbons (Fsp3) is 0.643. The fourth-order valence-corrected chi connectivity index (χ4v) is 2.67. The van der Waals surface area contributed by atoms with Crippen molar-refractivity contribution in [3.05, 3.63) is 33.8 Å². The Morgan fingerprint density at radius 2 is 2.22 bits per heavy atom. The summed E-state index contributed by atoms with van der Waals surface area (Å²) in [5.41, 5.74) is 0. The van der Waals surface area contributed by atoms with Crippen LogP contribution in [0.3, 0.4) is 0 Å². The normalized spacial score (nSPS) is 13.3. The number of amidine groups is 1. The number of rotatable bonds is 10. The van der Waals surface area contributed by atoms with Crippen molar-refractivity contribution in [2.45, 2.75) is 18.3 Å². The standard InChI is InChI=1S/C14H24N4O4S/c1-15-14(13(9-19)18(20)21)16-6-7-23-10-12-5-4-11(22-12)8-17(2)3/h4-5,13,19H,6-10H2,1-3H3,(H,15,16). The first kappa shape index (κ1) is 19.5. The molecule has 0 bridgehead atoms. The van der Waals surface area contributed by atoms with E-state index in [2.05, 4.69) is 10.3 Å². The zero-order valence-electron chi connectivity index (χ0n) is 13.7. The molecule has 1 heterocycles. The van der Waals surface area contributed by atoms with Gasteiger partial charge in [-0.2, -0.15) is 11.8 Å². The monoisotopic (exact) mass is 344 g/mol. The van der Waals surface area contributed by atoms with Crippen LogP contribution in [0.25, 0.3) is 0 Å². The fourth-order valence-electron chi connectivity index (χ4n) is 1.92. The predicted octanol–water partition coefficient (Wildman–Crippen LogP) is 0.830. The van der Waals surface area contributed by atoms with Crippen molar-refractivity contribution in [3.8, 4) is 0 Å². The lowest BCUT2D eigenvalue weighted by atomic mass is 10.3. The Kier molecular flexibility index (Phi) is 8.67. The van der Waals surface area contributed by atoms with Gasteiger partial charge in [-0.25, -0.2) is 0 Å². The van der Waals surface area contributed by atoms with E-state index in [0.717, 1.165) is 29.6 Å². The summed E-state index contributed by atoms with van der Waals surface area (Å²) in [6, 6.07) is 2.75. The van der Waals surface area contributed by atoms with Gasteiger partial charge < -0.3 is 19.7 Å². The Morgan fingerprint density at radius 3 is 2.78 bits per heavy atom. The number of nitrogens with zero attached hydrogens (tertiary/aromatic N) is 3. The Hall–Kier alpha value is -1.58. The second kappa shape index (κ2) is 10.2. The highest BCUT2D eigenvalue weighted by Gasteiger charge is 2.25. The molecule has 0 saturated heterocycles. The maximum atomic E-state index is 10.8. The number of aliphatic hydroxyl groups excluding tert-OH is 1. The minimum atomic E-state index is -1.19. The SMILES string of the molecule is CN=C(NCCSCc1ccc(CN(C)C)o1)C(CO)[N+](=O)[O-]. The molecule has 8 nitrogen and oxygen atoms in total. The van der Waals surface area contributed by atoms with Gasteiger partial charge >= 0.3 is 0 Å². The van der Waals surface area contributed by atoms with Crippen LogP contribution in [0.4, 0.5) is 0 Å². The molecule has 0 aromatic carbocycles. The molecule has 1 aromatic heterocycles. The Morgan fingerprint density at radius 1 is 1.52 bits per heavy atom. The molecule has 0 fully saturated rings. The largest absolute Gasteiger partial charge is 0.464 e. The van der Waals surface area contributed by atoms with Gasteiger partial charge in [0, 0.05) is 24.3 Å². The summed E-state index contributed by atoms with van der Waals surface area (Å²) in [6.45, 7) is 0.736. The Balaban J connectivity index is 2.29. The number of thioether (sulfide) groups is 1. The minimum absolute atomic E-state index is 0.198. The number of aliphatic hydroxyl groups is 1. The van der Waals surface area contributed by atoms with E-state index >= 15 is 0 Å². The molecule has 0 saturated carbocycles. The number of hydrogen-bond donors (Lipinski definition) is 2.